The van der Waals surface area contributed by atoms with Crippen LogP contribution < -0.4 is 4.74 Å². The highest BCUT2D eigenvalue weighted by Gasteiger charge is 2.14. The van der Waals surface area contributed by atoms with Crippen LogP contribution >= 0.6 is 0 Å². The zero-order chi connectivity index (χ0) is 14.3. The Labute approximate surface area is 109 Å². The zero-order valence-corrected chi connectivity index (χ0v) is 9.67. The minimum absolute atomic E-state index is 0.0235. The molecular weight excluding hydrogens is 274 g/mol. The third-order valence-corrected chi connectivity index (χ3v) is 2.51. The summed E-state index contributed by atoms with van der Waals surface area (Å²) in [4.78, 5) is 17.0. The van der Waals surface area contributed by atoms with E-state index in [0.29, 0.717) is 0 Å². The first-order valence-electron chi connectivity index (χ1n) is 5.34. The number of H-pyrrole nitrogens is 1. The number of rotatable bonds is 2. The molecule has 0 unspecified atom stereocenters. The van der Waals surface area contributed by atoms with Crippen LogP contribution in [0.15, 0.2) is 24.5 Å². The number of nitrogens with zero attached hydrogens (tertiary/aromatic N) is 3. The van der Waals surface area contributed by atoms with Crippen molar-refractivity contribution >= 4 is 17.2 Å². The number of ether oxygens (including phenoxy) is 1. The summed E-state index contributed by atoms with van der Waals surface area (Å²) < 4.78 is 32.1. The van der Waals surface area contributed by atoms with Gasteiger partial charge in [0.2, 0.25) is 5.95 Å². The van der Waals surface area contributed by atoms with Gasteiger partial charge >= 0.3 is 6.16 Å². The average Bonchev–Trinajstić information content (AvgIpc) is 2.99. The Morgan fingerprint density at radius 2 is 2.20 bits per heavy atom. The third kappa shape index (κ3) is 1.94. The molecule has 0 amide bonds. The number of aromatic amines is 1. The Hall–Kier alpha value is -2.97. The number of carboxylic acid groups (broad SMARTS) is 1. The van der Waals surface area contributed by atoms with Crippen molar-refractivity contribution in [3.8, 4) is 11.7 Å². The molecule has 2 heterocycles. The standard InChI is InChI=1S/C11H6F2N4O3/c12-6-1-2-7-9(8(6)13)16-10(15-7)17-4-5(3-14-17)20-11(18)19/h1-4H,(H,15,16)(H,18,19). The minimum Gasteiger partial charge on any atom is -0.449 e. The molecule has 3 rings (SSSR count). The molecule has 2 N–H and O–H groups in total. The molecule has 0 atom stereocenters. The van der Waals surface area contributed by atoms with E-state index in [-0.39, 0.29) is 22.7 Å². The summed E-state index contributed by atoms with van der Waals surface area (Å²) in [5, 5.41) is 12.3. The summed E-state index contributed by atoms with van der Waals surface area (Å²) >= 11 is 0. The lowest BCUT2D eigenvalue weighted by Crippen LogP contribution is -2.02. The summed E-state index contributed by atoms with van der Waals surface area (Å²) in [7, 11) is 0. The van der Waals surface area contributed by atoms with Gasteiger partial charge in [0.1, 0.15) is 5.52 Å². The topological polar surface area (TPSA) is 93.0 Å². The fraction of sp³-hybridized carbons (Fsp3) is 0. The maximum absolute atomic E-state index is 13.5. The predicted molar refractivity (Wildman–Crippen MR) is 61.8 cm³/mol. The van der Waals surface area contributed by atoms with Crippen LogP contribution in [0.4, 0.5) is 13.6 Å². The number of hydrogen-bond donors (Lipinski definition) is 2. The van der Waals surface area contributed by atoms with E-state index in [0.717, 1.165) is 16.9 Å². The number of aromatic nitrogens is 4. The van der Waals surface area contributed by atoms with Gasteiger partial charge < -0.3 is 14.8 Å². The number of nitrogens with one attached hydrogen (secondary N) is 1. The van der Waals surface area contributed by atoms with E-state index < -0.39 is 17.8 Å². The molecule has 0 radical (unpaired) electrons. The largest absolute Gasteiger partial charge is 0.511 e. The third-order valence-electron chi connectivity index (χ3n) is 2.51. The molecule has 7 nitrogen and oxygen atoms in total. The first-order valence-corrected chi connectivity index (χ1v) is 5.34. The average molecular weight is 280 g/mol. The molecule has 0 aliphatic heterocycles. The van der Waals surface area contributed by atoms with Gasteiger partial charge in [-0.1, -0.05) is 0 Å². The number of fused-ring (bicyclic) bond motifs is 1. The highest BCUT2D eigenvalue weighted by molar-refractivity contribution is 5.77. The van der Waals surface area contributed by atoms with E-state index in [1.54, 1.807) is 0 Å². The van der Waals surface area contributed by atoms with Crippen LogP contribution in [0.5, 0.6) is 5.75 Å². The molecule has 0 fully saturated rings. The van der Waals surface area contributed by atoms with Crippen molar-refractivity contribution in [1.82, 2.24) is 19.7 Å². The Morgan fingerprint density at radius 1 is 1.40 bits per heavy atom. The molecule has 2 aromatic heterocycles. The molecule has 0 saturated carbocycles. The molecular formula is C11H6F2N4O3. The quantitative estimate of drug-likeness (QED) is 0.701. The molecule has 102 valence electrons. The first-order chi connectivity index (χ1) is 9.54. The zero-order valence-electron chi connectivity index (χ0n) is 9.67. The van der Waals surface area contributed by atoms with Crippen LogP contribution in [0.3, 0.4) is 0 Å². The molecule has 0 aliphatic carbocycles. The molecule has 9 heteroatoms. The monoisotopic (exact) mass is 280 g/mol. The lowest BCUT2D eigenvalue weighted by atomic mass is 10.3. The van der Waals surface area contributed by atoms with Gasteiger partial charge in [-0.25, -0.2) is 23.2 Å². The van der Waals surface area contributed by atoms with Gasteiger partial charge in [-0.3, -0.25) is 0 Å². The summed E-state index contributed by atoms with van der Waals surface area (Å²) in [6.07, 6.45) is 0.903. The molecule has 1 aromatic carbocycles. The van der Waals surface area contributed by atoms with Crippen LogP contribution in [0.2, 0.25) is 0 Å². The van der Waals surface area contributed by atoms with Gasteiger partial charge in [-0.05, 0) is 12.1 Å². The molecule has 0 saturated heterocycles. The van der Waals surface area contributed by atoms with Crippen molar-refractivity contribution in [2.45, 2.75) is 0 Å². The smallest absolute Gasteiger partial charge is 0.449 e. The van der Waals surface area contributed by atoms with Gasteiger partial charge in [0, 0.05) is 0 Å². The lowest BCUT2D eigenvalue weighted by molar-refractivity contribution is 0.144. The number of benzene rings is 1. The molecule has 20 heavy (non-hydrogen) atoms. The van der Waals surface area contributed by atoms with Gasteiger partial charge in [0.15, 0.2) is 17.4 Å². The summed E-state index contributed by atoms with van der Waals surface area (Å²) in [6, 6.07) is 2.31. The van der Waals surface area contributed by atoms with E-state index in [1.807, 2.05) is 0 Å². The second-order valence-electron chi connectivity index (χ2n) is 3.81. The van der Waals surface area contributed by atoms with Crippen molar-refractivity contribution in [3.63, 3.8) is 0 Å². The van der Waals surface area contributed by atoms with Crippen molar-refractivity contribution in [2.75, 3.05) is 0 Å². The van der Waals surface area contributed by atoms with Crippen LogP contribution in [0, 0.1) is 11.6 Å². The fourth-order valence-electron chi connectivity index (χ4n) is 1.69. The molecule has 0 aliphatic rings. The van der Waals surface area contributed by atoms with Gasteiger partial charge in [0.25, 0.3) is 0 Å². The first kappa shape index (κ1) is 12.1. The number of hydrogen-bond acceptors (Lipinski definition) is 4. The Kier molecular flexibility index (Phi) is 2.60. The SMILES string of the molecule is O=C(O)Oc1cnn(-c2nc3c(F)c(F)ccc3[nH]2)c1. The Morgan fingerprint density at radius 3 is 2.95 bits per heavy atom. The number of imidazole rings is 1. The van der Waals surface area contributed by atoms with E-state index >= 15 is 0 Å². The highest BCUT2D eigenvalue weighted by Crippen LogP contribution is 2.20. The Balaban J connectivity index is 2.04. The lowest BCUT2D eigenvalue weighted by Gasteiger charge is -1.93. The summed E-state index contributed by atoms with van der Waals surface area (Å²) in [5.74, 6) is -2.00. The summed E-state index contributed by atoms with van der Waals surface area (Å²) in [6.45, 7) is 0. The van der Waals surface area contributed by atoms with E-state index in [2.05, 4.69) is 19.8 Å². The second kappa shape index (κ2) is 4.30. The van der Waals surface area contributed by atoms with E-state index in [1.165, 1.54) is 12.3 Å². The van der Waals surface area contributed by atoms with Gasteiger partial charge in [-0.2, -0.15) is 5.10 Å². The molecule has 0 spiro atoms. The normalized spacial score (nSPS) is 10.9. The van der Waals surface area contributed by atoms with Gasteiger partial charge in [0.05, 0.1) is 17.9 Å². The van der Waals surface area contributed by atoms with Crippen molar-refractivity contribution < 1.29 is 23.4 Å². The van der Waals surface area contributed by atoms with Crippen LogP contribution in [0.25, 0.3) is 17.0 Å². The van der Waals surface area contributed by atoms with Crippen molar-refractivity contribution in [2.24, 2.45) is 0 Å². The Bertz CT molecular complexity index is 811. The number of carbonyl (C=O) groups is 1. The van der Waals surface area contributed by atoms with E-state index in [4.69, 9.17) is 5.11 Å². The maximum Gasteiger partial charge on any atom is 0.511 e. The predicted octanol–water partition coefficient (Wildman–Crippen LogP) is 2.08. The second-order valence-corrected chi connectivity index (χ2v) is 3.81. The van der Waals surface area contributed by atoms with Crippen LogP contribution in [-0.2, 0) is 0 Å². The van der Waals surface area contributed by atoms with Crippen molar-refractivity contribution in [3.05, 3.63) is 36.2 Å². The summed E-state index contributed by atoms with van der Waals surface area (Å²) in [5.41, 5.74) is 0.117. The van der Waals surface area contributed by atoms with Crippen molar-refractivity contribution in [1.29, 1.82) is 0 Å². The minimum atomic E-state index is -1.48. The van der Waals surface area contributed by atoms with Crippen LogP contribution in [-0.4, -0.2) is 31.0 Å². The number of halogens is 2. The van der Waals surface area contributed by atoms with Gasteiger partial charge in [-0.15, -0.1) is 0 Å². The maximum atomic E-state index is 13.5. The fourth-order valence-corrected chi connectivity index (χ4v) is 1.69. The van der Waals surface area contributed by atoms with E-state index in [9.17, 15) is 13.6 Å². The highest BCUT2D eigenvalue weighted by atomic mass is 19.2. The molecule has 3 aromatic rings. The molecule has 0 bridgehead atoms. The van der Waals surface area contributed by atoms with Crippen LogP contribution in [0.1, 0.15) is 0 Å².